The topological polar surface area (TPSA) is 0 Å². The highest BCUT2D eigenvalue weighted by atomic mass is 14.2. The molecule has 0 unspecified atom stereocenters. The Morgan fingerprint density at radius 3 is 1.24 bits per heavy atom. The highest BCUT2D eigenvalue weighted by molar-refractivity contribution is 6.31. The number of benzene rings is 11. The van der Waals surface area contributed by atoms with Gasteiger partial charge in [-0.05, 0) is 116 Å². The Hall–Kier alpha value is -7.02. The minimum atomic E-state index is 1.22. The fourth-order valence-electron chi connectivity index (χ4n) is 9.04. The third kappa shape index (κ3) is 4.71. The minimum Gasteiger partial charge on any atom is -0.0622 e. The van der Waals surface area contributed by atoms with Gasteiger partial charge in [0.15, 0.2) is 0 Å². The van der Waals surface area contributed by atoms with E-state index in [0.29, 0.717) is 0 Å². The first-order valence-electron chi connectivity index (χ1n) is 18.8. The van der Waals surface area contributed by atoms with Crippen molar-refractivity contribution >= 4 is 53.9 Å². The zero-order valence-corrected chi connectivity index (χ0v) is 29.6. The van der Waals surface area contributed by atoms with Crippen LogP contribution in [0, 0.1) is 0 Å². The second-order valence-electron chi connectivity index (χ2n) is 14.3. The molecule has 0 saturated carbocycles. The van der Waals surface area contributed by atoms with Crippen molar-refractivity contribution in [1.82, 2.24) is 0 Å². The highest BCUT2D eigenvalue weighted by Crippen LogP contribution is 2.49. The SMILES string of the molecule is c1ccc(-c2ccccc2-c2cc(-c3cccc4ccccc34)c3ccc4c(-c5ccccc5-c5cccc6ccccc56)ccc5ccc2c3c54)cc1. The first-order chi connectivity index (χ1) is 26.8. The van der Waals surface area contributed by atoms with Gasteiger partial charge >= 0.3 is 0 Å². The lowest BCUT2D eigenvalue weighted by Crippen LogP contribution is -1.94. The van der Waals surface area contributed by atoms with E-state index in [4.69, 9.17) is 0 Å². The second-order valence-corrected chi connectivity index (χ2v) is 14.3. The highest BCUT2D eigenvalue weighted by Gasteiger charge is 2.21. The van der Waals surface area contributed by atoms with Crippen LogP contribution in [0.5, 0.6) is 0 Å². The summed E-state index contributed by atoms with van der Waals surface area (Å²) in [5.41, 5.74) is 12.5. The van der Waals surface area contributed by atoms with Gasteiger partial charge < -0.3 is 0 Å². The van der Waals surface area contributed by atoms with Crippen LogP contribution in [0.25, 0.3) is 109 Å². The minimum absolute atomic E-state index is 1.22. The van der Waals surface area contributed by atoms with Gasteiger partial charge in [0.2, 0.25) is 0 Å². The molecule has 0 saturated heterocycles. The predicted molar refractivity (Wildman–Crippen MR) is 232 cm³/mol. The fraction of sp³-hybridized carbons (Fsp3) is 0. The van der Waals surface area contributed by atoms with Crippen LogP contribution in [-0.4, -0.2) is 0 Å². The molecule has 0 aliphatic carbocycles. The van der Waals surface area contributed by atoms with Crippen LogP contribution in [0.4, 0.5) is 0 Å². The average molecular weight is 683 g/mol. The molecule has 0 amide bonds. The average Bonchev–Trinajstić information content (AvgIpc) is 3.25. The van der Waals surface area contributed by atoms with E-state index in [0.717, 1.165) is 0 Å². The van der Waals surface area contributed by atoms with Crippen molar-refractivity contribution in [2.45, 2.75) is 0 Å². The molecule has 0 nitrogen and oxygen atoms in total. The lowest BCUT2D eigenvalue weighted by Gasteiger charge is -2.22. The normalized spacial score (nSPS) is 11.7. The van der Waals surface area contributed by atoms with Crippen molar-refractivity contribution in [2.24, 2.45) is 0 Å². The summed E-state index contributed by atoms with van der Waals surface area (Å²) in [6.07, 6.45) is 0. The molecule has 0 radical (unpaired) electrons. The lowest BCUT2D eigenvalue weighted by atomic mass is 9.81. The summed E-state index contributed by atoms with van der Waals surface area (Å²) in [5, 5.41) is 12.8. The number of hydrogen-bond acceptors (Lipinski definition) is 0. The van der Waals surface area contributed by atoms with Crippen molar-refractivity contribution in [3.8, 4) is 55.6 Å². The summed E-state index contributed by atoms with van der Waals surface area (Å²) in [6.45, 7) is 0. The summed E-state index contributed by atoms with van der Waals surface area (Å²) in [5.74, 6) is 0. The molecular formula is C54H34. The van der Waals surface area contributed by atoms with Gasteiger partial charge in [0.25, 0.3) is 0 Å². The van der Waals surface area contributed by atoms with Crippen molar-refractivity contribution in [3.05, 3.63) is 206 Å². The Morgan fingerprint density at radius 2 is 0.593 bits per heavy atom. The largest absolute Gasteiger partial charge is 0.0622 e. The van der Waals surface area contributed by atoms with E-state index in [2.05, 4.69) is 206 Å². The van der Waals surface area contributed by atoms with E-state index in [1.807, 2.05) is 0 Å². The Bertz CT molecular complexity index is 3190. The smallest absolute Gasteiger partial charge is 0.00141 e. The fourth-order valence-corrected chi connectivity index (χ4v) is 9.04. The van der Waals surface area contributed by atoms with Gasteiger partial charge in [0.1, 0.15) is 0 Å². The van der Waals surface area contributed by atoms with Crippen LogP contribution in [-0.2, 0) is 0 Å². The molecular weight excluding hydrogens is 649 g/mol. The molecule has 11 aromatic rings. The third-order valence-corrected chi connectivity index (χ3v) is 11.5. The molecule has 0 aliphatic rings. The maximum Gasteiger partial charge on any atom is -0.00141 e. The van der Waals surface area contributed by atoms with E-state index < -0.39 is 0 Å². The van der Waals surface area contributed by atoms with Gasteiger partial charge in [0.05, 0.1) is 0 Å². The molecule has 0 N–H and O–H groups in total. The van der Waals surface area contributed by atoms with Gasteiger partial charge in [-0.15, -0.1) is 0 Å². The van der Waals surface area contributed by atoms with E-state index in [1.165, 1.54) is 109 Å². The van der Waals surface area contributed by atoms with Crippen molar-refractivity contribution in [1.29, 1.82) is 0 Å². The molecule has 0 aromatic heterocycles. The molecule has 0 aliphatic heterocycles. The van der Waals surface area contributed by atoms with Crippen LogP contribution >= 0.6 is 0 Å². The van der Waals surface area contributed by atoms with Crippen molar-refractivity contribution < 1.29 is 0 Å². The molecule has 54 heavy (non-hydrogen) atoms. The zero-order chi connectivity index (χ0) is 35.6. The summed E-state index contributed by atoms with van der Waals surface area (Å²) in [4.78, 5) is 0. The van der Waals surface area contributed by atoms with Crippen LogP contribution in [0.3, 0.4) is 0 Å². The Labute approximate surface area is 314 Å². The van der Waals surface area contributed by atoms with E-state index in [-0.39, 0.29) is 0 Å². The Balaban J connectivity index is 1.25. The van der Waals surface area contributed by atoms with Gasteiger partial charge in [-0.3, -0.25) is 0 Å². The number of rotatable bonds is 5. The molecule has 11 aromatic carbocycles. The Morgan fingerprint density at radius 1 is 0.185 bits per heavy atom. The zero-order valence-electron chi connectivity index (χ0n) is 29.6. The molecule has 0 atom stereocenters. The second kappa shape index (κ2) is 12.3. The maximum atomic E-state index is 2.46. The van der Waals surface area contributed by atoms with Gasteiger partial charge in [0, 0.05) is 0 Å². The Kier molecular flexibility index (Phi) is 6.97. The number of hydrogen-bond donors (Lipinski definition) is 0. The standard InChI is InChI=1S/C54H34/c1-2-14-35(15-3-1)40-22-8-9-23-43(40)51-34-52(44-27-13-19-37-17-5-7-21-41(37)44)50-33-32-48-47(30-28-38-29-31-49(51)54(50)53(38)48)46-25-11-10-24-45(46)42-26-12-18-36-16-4-6-20-39(36)42/h1-34H. The van der Waals surface area contributed by atoms with Gasteiger partial charge in [-0.2, -0.15) is 0 Å². The quantitative estimate of drug-likeness (QED) is 0.159. The first-order valence-corrected chi connectivity index (χ1v) is 18.8. The maximum absolute atomic E-state index is 2.46. The molecule has 0 heterocycles. The molecule has 0 bridgehead atoms. The molecule has 0 fully saturated rings. The third-order valence-electron chi connectivity index (χ3n) is 11.5. The first kappa shape index (κ1) is 30.6. The summed E-state index contributed by atoms with van der Waals surface area (Å²) in [7, 11) is 0. The van der Waals surface area contributed by atoms with Crippen LogP contribution < -0.4 is 0 Å². The van der Waals surface area contributed by atoms with Crippen LogP contribution in [0.15, 0.2) is 206 Å². The summed E-state index contributed by atoms with van der Waals surface area (Å²) in [6, 6.07) is 76.1. The van der Waals surface area contributed by atoms with Crippen molar-refractivity contribution in [2.75, 3.05) is 0 Å². The monoisotopic (exact) mass is 682 g/mol. The van der Waals surface area contributed by atoms with E-state index >= 15 is 0 Å². The van der Waals surface area contributed by atoms with Crippen LogP contribution in [0.1, 0.15) is 0 Å². The molecule has 250 valence electrons. The lowest BCUT2D eigenvalue weighted by molar-refractivity contribution is 1.60. The number of fused-ring (bicyclic) bond motifs is 2. The van der Waals surface area contributed by atoms with Crippen LogP contribution in [0.2, 0.25) is 0 Å². The molecule has 11 rings (SSSR count). The van der Waals surface area contributed by atoms with Gasteiger partial charge in [-0.1, -0.05) is 200 Å². The summed E-state index contributed by atoms with van der Waals surface area (Å²) < 4.78 is 0. The molecule has 0 spiro atoms. The van der Waals surface area contributed by atoms with Crippen molar-refractivity contribution in [3.63, 3.8) is 0 Å². The predicted octanol–water partition coefficient (Wildman–Crippen LogP) is 15.2. The molecule has 0 heteroatoms. The summed E-state index contributed by atoms with van der Waals surface area (Å²) >= 11 is 0. The van der Waals surface area contributed by atoms with E-state index in [9.17, 15) is 0 Å². The van der Waals surface area contributed by atoms with Gasteiger partial charge in [-0.25, -0.2) is 0 Å². The van der Waals surface area contributed by atoms with E-state index in [1.54, 1.807) is 0 Å².